The number of hydrogen-bond donors (Lipinski definition) is 0. The Labute approximate surface area is 166 Å². The second kappa shape index (κ2) is 8.03. The fourth-order valence-corrected chi connectivity index (χ4v) is 4.63. The summed E-state index contributed by atoms with van der Waals surface area (Å²) < 4.78 is 15.1. The molecule has 28 heavy (non-hydrogen) atoms. The number of fused-ring (bicyclic) bond motifs is 4. The van der Waals surface area contributed by atoms with Gasteiger partial charge in [-0.05, 0) is 49.8 Å². The number of carbonyl (C=O) groups is 1. The minimum atomic E-state index is -0.199. The lowest BCUT2D eigenvalue weighted by Crippen LogP contribution is -2.47. The molecule has 5 nitrogen and oxygen atoms in total. The number of hydrogen-bond acceptors (Lipinski definition) is 3. The van der Waals surface area contributed by atoms with Crippen LogP contribution < -0.4 is 0 Å². The molecule has 5 rings (SSSR count). The summed E-state index contributed by atoms with van der Waals surface area (Å²) in [6.07, 6.45) is 5.14. The van der Waals surface area contributed by atoms with Crippen LogP contribution in [0.3, 0.4) is 0 Å². The van der Waals surface area contributed by atoms with E-state index in [-0.39, 0.29) is 17.8 Å². The molecule has 0 aliphatic carbocycles. The number of aromatic nitrogens is 2. The lowest BCUT2D eigenvalue weighted by atomic mass is 9.94. The van der Waals surface area contributed by atoms with Crippen LogP contribution in [-0.4, -0.2) is 51.2 Å². The summed E-state index contributed by atoms with van der Waals surface area (Å²) in [5, 5.41) is 4.51. The van der Waals surface area contributed by atoms with Gasteiger partial charge in [-0.1, -0.05) is 19.1 Å². The molecule has 1 aromatic carbocycles. The smallest absolute Gasteiger partial charge is 0.257 e. The number of piperidine rings is 1. The van der Waals surface area contributed by atoms with Crippen molar-refractivity contribution in [2.24, 2.45) is 5.92 Å². The number of aryl methyl sites for hydroxylation is 2. The van der Waals surface area contributed by atoms with E-state index in [4.69, 9.17) is 0 Å². The molecular weight excluding hydrogens is 355 g/mol. The molecule has 4 heterocycles. The normalized spacial score (nSPS) is 22.5. The molecule has 2 bridgehead atoms. The largest absolute Gasteiger partial charge is 0.334 e. The van der Waals surface area contributed by atoms with Gasteiger partial charge in [-0.15, -0.1) is 0 Å². The Kier molecular flexibility index (Phi) is 5.49. The Hall–Kier alpha value is -2.21. The third-order valence-electron chi connectivity index (χ3n) is 6.00. The zero-order chi connectivity index (χ0) is 19.7. The Bertz CT molecular complexity index is 832. The minimum Gasteiger partial charge on any atom is -0.334 e. The van der Waals surface area contributed by atoms with Crippen molar-refractivity contribution < 1.29 is 9.18 Å². The summed E-state index contributed by atoms with van der Waals surface area (Å²) in [6.45, 7) is 8.38. The predicted molar refractivity (Wildman–Crippen MR) is 106 cm³/mol. The van der Waals surface area contributed by atoms with Crippen LogP contribution in [0.1, 0.15) is 47.8 Å². The third kappa shape index (κ3) is 3.97. The van der Waals surface area contributed by atoms with Crippen LogP contribution in [0.25, 0.3) is 0 Å². The molecule has 0 spiro atoms. The standard InChI is InChI=1S/C22H29FN4O/c1-3-10-26-15-21(16(2)24-26)22(28)27-13-18-6-9-20(27)14-25(12-18)11-17-4-7-19(23)8-5-17/h4-5,7-8,15,18,20H,3,6,9-14H2,1-2H3/t18-,20+/m0/s1. The van der Waals surface area contributed by atoms with E-state index in [1.807, 2.05) is 29.9 Å². The first-order valence-electron chi connectivity index (χ1n) is 10.3. The van der Waals surface area contributed by atoms with Crippen LogP contribution in [0.4, 0.5) is 4.39 Å². The van der Waals surface area contributed by atoms with Crippen molar-refractivity contribution in [2.75, 3.05) is 19.6 Å². The molecule has 0 saturated carbocycles. The first kappa shape index (κ1) is 19.1. The molecule has 3 aliphatic heterocycles. The highest BCUT2D eigenvalue weighted by Gasteiger charge is 2.38. The van der Waals surface area contributed by atoms with Gasteiger partial charge in [0.2, 0.25) is 0 Å². The van der Waals surface area contributed by atoms with E-state index in [0.29, 0.717) is 5.92 Å². The zero-order valence-corrected chi connectivity index (χ0v) is 16.8. The molecule has 150 valence electrons. The number of nitrogens with zero attached hydrogens (tertiary/aromatic N) is 4. The maximum absolute atomic E-state index is 13.3. The van der Waals surface area contributed by atoms with E-state index in [1.165, 1.54) is 18.6 Å². The summed E-state index contributed by atoms with van der Waals surface area (Å²) >= 11 is 0. The van der Waals surface area contributed by atoms with E-state index in [0.717, 1.165) is 62.4 Å². The molecular formula is C22H29FN4O. The predicted octanol–water partition coefficient (Wildman–Crippen LogP) is 3.48. The highest BCUT2D eigenvalue weighted by atomic mass is 19.1. The lowest BCUT2D eigenvalue weighted by Gasteiger charge is -2.36. The molecule has 1 aromatic heterocycles. The van der Waals surface area contributed by atoms with Gasteiger partial charge < -0.3 is 4.90 Å². The molecule has 2 atom stereocenters. The fourth-order valence-electron chi connectivity index (χ4n) is 4.63. The van der Waals surface area contributed by atoms with Crippen molar-refractivity contribution >= 4 is 5.91 Å². The maximum atomic E-state index is 13.3. The van der Waals surface area contributed by atoms with E-state index in [2.05, 4.69) is 21.8 Å². The number of halogens is 1. The second-order valence-corrected chi connectivity index (χ2v) is 8.27. The van der Waals surface area contributed by atoms with Gasteiger partial charge in [0.05, 0.1) is 11.3 Å². The van der Waals surface area contributed by atoms with Crippen LogP contribution >= 0.6 is 0 Å². The number of rotatable bonds is 5. The Morgan fingerprint density at radius 2 is 1.96 bits per heavy atom. The molecule has 3 saturated heterocycles. The summed E-state index contributed by atoms with van der Waals surface area (Å²) in [5.74, 6) is 0.419. The second-order valence-electron chi connectivity index (χ2n) is 8.27. The van der Waals surface area contributed by atoms with Gasteiger partial charge in [-0.2, -0.15) is 5.10 Å². The Morgan fingerprint density at radius 3 is 2.71 bits per heavy atom. The van der Waals surface area contributed by atoms with E-state index in [1.54, 1.807) is 0 Å². The SMILES string of the molecule is CCCn1cc(C(=O)N2C[C@H]3CC[C@@H]2CN(Cc2ccc(F)cc2)C3)c(C)n1. The number of benzene rings is 1. The summed E-state index contributed by atoms with van der Waals surface area (Å²) in [5.41, 5.74) is 2.69. The molecule has 6 heteroatoms. The summed E-state index contributed by atoms with van der Waals surface area (Å²) in [4.78, 5) is 17.8. The zero-order valence-electron chi connectivity index (χ0n) is 16.8. The van der Waals surface area contributed by atoms with Gasteiger partial charge in [0.25, 0.3) is 5.91 Å². The number of carbonyl (C=O) groups excluding carboxylic acids is 1. The summed E-state index contributed by atoms with van der Waals surface area (Å²) in [7, 11) is 0. The molecule has 0 unspecified atom stereocenters. The average molecular weight is 384 g/mol. The van der Waals surface area contributed by atoms with Crippen LogP contribution in [0.2, 0.25) is 0 Å². The van der Waals surface area contributed by atoms with Crippen molar-refractivity contribution in [1.29, 1.82) is 0 Å². The van der Waals surface area contributed by atoms with Crippen LogP contribution in [0.15, 0.2) is 30.5 Å². The fraction of sp³-hybridized carbons (Fsp3) is 0.545. The number of amides is 1. The first-order chi connectivity index (χ1) is 13.5. The molecule has 0 N–H and O–H groups in total. The first-order valence-corrected chi connectivity index (χ1v) is 10.3. The van der Waals surface area contributed by atoms with Gasteiger partial charge in [0.15, 0.2) is 0 Å². The maximum Gasteiger partial charge on any atom is 0.257 e. The topological polar surface area (TPSA) is 41.4 Å². The quantitative estimate of drug-likeness (QED) is 0.793. The average Bonchev–Trinajstić information content (AvgIpc) is 2.84. The van der Waals surface area contributed by atoms with Gasteiger partial charge >= 0.3 is 0 Å². The highest BCUT2D eigenvalue weighted by Crippen LogP contribution is 2.30. The monoisotopic (exact) mass is 384 g/mol. The van der Waals surface area contributed by atoms with Crippen molar-refractivity contribution in [3.8, 4) is 0 Å². The van der Waals surface area contributed by atoms with Gasteiger partial charge in [-0.3, -0.25) is 14.4 Å². The van der Waals surface area contributed by atoms with Crippen LogP contribution in [0, 0.1) is 18.7 Å². The van der Waals surface area contributed by atoms with Crippen molar-refractivity contribution in [1.82, 2.24) is 19.6 Å². The van der Waals surface area contributed by atoms with Crippen molar-refractivity contribution in [3.63, 3.8) is 0 Å². The molecule has 3 fully saturated rings. The molecule has 1 amide bonds. The molecule has 0 radical (unpaired) electrons. The van der Waals surface area contributed by atoms with E-state index < -0.39 is 0 Å². The highest BCUT2D eigenvalue weighted by molar-refractivity contribution is 5.95. The third-order valence-corrected chi connectivity index (χ3v) is 6.00. The van der Waals surface area contributed by atoms with Crippen LogP contribution in [0.5, 0.6) is 0 Å². The van der Waals surface area contributed by atoms with Gasteiger partial charge in [0, 0.05) is 45.0 Å². The Morgan fingerprint density at radius 1 is 1.18 bits per heavy atom. The summed E-state index contributed by atoms with van der Waals surface area (Å²) in [6, 6.07) is 7.00. The molecule has 3 aliphatic rings. The minimum absolute atomic E-state index is 0.123. The Balaban J connectivity index is 1.48. The van der Waals surface area contributed by atoms with Crippen molar-refractivity contribution in [3.05, 3.63) is 53.1 Å². The molecule has 2 aromatic rings. The van der Waals surface area contributed by atoms with Crippen molar-refractivity contribution in [2.45, 2.75) is 52.2 Å². The van der Waals surface area contributed by atoms with Gasteiger partial charge in [-0.25, -0.2) is 4.39 Å². The van der Waals surface area contributed by atoms with Crippen LogP contribution in [-0.2, 0) is 13.1 Å². The lowest BCUT2D eigenvalue weighted by molar-refractivity contribution is 0.0584. The van der Waals surface area contributed by atoms with E-state index >= 15 is 0 Å². The van der Waals surface area contributed by atoms with E-state index in [9.17, 15) is 9.18 Å². The van der Waals surface area contributed by atoms with Gasteiger partial charge in [0.1, 0.15) is 5.82 Å².